The van der Waals surface area contributed by atoms with E-state index in [1.807, 2.05) is 61.5 Å². The van der Waals surface area contributed by atoms with Crippen LogP contribution in [0.25, 0.3) is 0 Å². The summed E-state index contributed by atoms with van der Waals surface area (Å²) in [6.45, 7) is 5.97. The monoisotopic (exact) mass is 443 g/mol. The first-order valence-corrected chi connectivity index (χ1v) is 11.3. The Hall–Kier alpha value is -3.48. The predicted molar refractivity (Wildman–Crippen MR) is 129 cm³/mol. The molecular formula is C27H29N3O3. The van der Waals surface area contributed by atoms with Gasteiger partial charge in [0.05, 0.1) is 30.5 Å². The van der Waals surface area contributed by atoms with Gasteiger partial charge in [-0.05, 0) is 42.3 Å². The number of ether oxygens (including phenoxy) is 1. The molecule has 6 heteroatoms. The normalized spacial score (nSPS) is 14.9. The second-order valence-corrected chi connectivity index (χ2v) is 8.19. The molecule has 0 spiro atoms. The van der Waals surface area contributed by atoms with Gasteiger partial charge in [-0.2, -0.15) is 0 Å². The highest BCUT2D eigenvalue weighted by molar-refractivity contribution is 6.09. The molecule has 0 saturated carbocycles. The molecule has 0 radical (unpaired) electrons. The van der Waals surface area contributed by atoms with Crippen LogP contribution in [0.15, 0.2) is 78.9 Å². The third kappa shape index (κ3) is 6.06. The van der Waals surface area contributed by atoms with Gasteiger partial charge in [0, 0.05) is 25.2 Å². The summed E-state index contributed by atoms with van der Waals surface area (Å²) in [5.41, 5.74) is 3.57. The van der Waals surface area contributed by atoms with E-state index in [4.69, 9.17) is 4.74 Å². The van der Waals surface area contributed by atoms with E-state index < -0.39 is 0 Å². The lowest BCUT2D eigenvalue weighted by atomic mass is 10.1. The molecule has 2 N–H and O–H groups in total. The first-order valence-electron chi connectivity index (χ1n) is 11.3. The van der Waals surface area contributed by atoms with Gasteiger partial charge in [0.2, 0.25) is 0 Å². The largest absolute Gasteiger partial charge is 0.379 e. The Morgan fingerprint density at radius 3 is 2.42 bits per heavy atom. The maximum Gasteiger partial charge on any atom is 0.255 e. The molecule has 1 heterocycles. The number of amides is 2. The molecule has 0 aromatic heterocycles. The van der Waals surface area contributed by atoms with Crippen molar-refractivity contribution in [2.75, 3.05) is 31.6 Å². The maximum absolute atomic E-state index is 13.0. The van der Waals surface area contributed by atoms with Crippen molar-refractivity contribution in [3.05, 3.63) is 101 Å². The molecule has 2 amide bonds. The Balaban J connectivity index is 1.44. The number of anilines is 1. The standard InChI is InChI=1S/C27H29N3O3/c1-20(22-9-3-2-4-10-22)28-27(32)24-12-5-6-13-25(24)29-26(31)23-11-7-8-21(18-23)19-30-14-16-33-17-15-30/h2-13,18,20H,14-17,19H2,1H3,(H,28,32)(H,29,31)/t20-/m0/s1. The fourth-order valence-electron chi connectivity index (χ4n) is 3.91. The second kappa shape index (κ2) is 10.9. The van der Waals surface area contributed by atoms with Crippen LogP contribution >= 0.6 is 0 Å². The van der Waals surface area contributed by atoms with Crippen molar-refractivity contribution in [3.8, 4) is 0 Å². The van der Waals surface area contributed by atoms with Gasteiger partial charge in [-0.3, -0.25) is 14.5 Å². The van der Waals surface area contributed by atoms with E-state index in [0.717, 1.165) is 44.0 Å². The van der Waals surface area contributed by atoms with E-state index in [-0.39, 0.29) is 17.9 Å². The second-order valence-electron chi connectivity index (χ2n) is 8.19. The molecule has 6 nitrogen and oxygen atoms in total. The van der Waals surface area contributed by atoms with Crippen molar-refractivity contribution >= 4 is 17.5 Å². The van der Waals surface area contributed by atoms with E-state index in [9.17, 15) is 9.59 Å². The molecule has 1 aliphatic rings. The van der Waals surface area contributed by atoms with Gasteiger partial charge in [-0.15, -0.1) is 0 Å². The summed E-state index contributed by atoms with van der Waals surface area (Å²) in [5.74, 6) is -0.474. The molecule has 3 aromatic rings. The molecule has 0 aliphatic carbocycles. The number of para-hydroxylation sites is 1. The minimum absolute atomic E-state index is 0.153. The zero-order chi connectivity index (χ0) is 23.0. The fraction of sp³-hybridized carbons (Fsp3) is 0.259. The maximum atomic E-state index is 13.0. The molecule has 3 aromatic carbocycles. The predicted octanol–water partition coefficient (Wildman–Crippen LogP) is 4.26. The van der Waals surface area contributed by atoms with Crippen molar-refractivity contribution in [1.82, 2.24) is 10.2 Å². The number of rotatable bonds is 7. The lowest BCUT2D eigenvalue weighted by Crippen LogP contribution is -2.35. The van der Waals surface area contributed by atoms with Gasteiger partial charge in [0.15, 0.2) is 0 Å². The highest BCUT2D eigenvalue weighted by atomic mass is 16.5. The van der Waals surface area contributed by atoms with Crippen molar-refractivity contribution in [2.45, 2.75) is 19.5 Å². The quantitative estimate of drug-likeness (QED) is 0.572. The summed E-state index contributed by atoms with van der Waals surface area (Å²) >= 11 is 0. The van der Waals surface area contributed by atoms with E-state index in [1.165, 1.54) is 0 Å². The van der Waals surface area contributed by atoms with Crippen molar-refractivity contribution in [2.24, 2.45) is 0 Å². The molecule has 1 saturated heterocycles. The number of nitrogens with zero attached hydrogens (tertiary/aromatic N) is 1. The lowest BCUT2D eigenvalue weighted by molar-refractivity contribution is 0.0342. The van der Waals surface area contributed by atoms with Crippen molar-refractivity contribution < 1.29 is 14.3 Å². The summed E-state index contributed by atoms with van der Waals surface area (Å²) < 4.78 is 5.41. The molecular weight excluding hydrogens is 414 g/mol. The number of morpholine rings is 1. The molecule has 33 heavy (non-hydrogen) atoms. The molecule has 1 aliphatic heterocycles. The van der Waals surface area contributed by atoms with Crippen molar-refractivity contribution in [3.63, 3.8) is 0 Å². The van der Waals surface area contributed by atoms with Gasteiger partial charge >= 0.3 is 0 Å². The zero-order valence-corrected chi connectivity index (χ0v) is 18.8. The Labute approximate surface area is 194 Å². The number of benzene rings is 3. The average molecular weight is 444 g/mol. The zero-order valence-electron chi connectivity index (χ0n) is 18.8. The summed E-state index contributed by atoms with van der Waals surface area (Å²) in [5, 5.41) is 5.93. The molecule has 4 rings (SSSR count). The number of hydrogen-bond acceptors (Lipinski definition) is 4. The number of carbonyl (C=O) groups is 2. The minimum atomic E-state index is -0.241. The van der Waals surface area contributed by atoms with Crippen LogP contribution in [-0.4, -0.2) is 43.0 Å². The molecule has 0 unspecified atom stereocenters. The van der Waals surface area contributed by atoms with Crippen LogP contribution < -0.4 is 10.6 Å². The Morgan fingerprint density at radius 2 is 1.64 bits per heavy atom. The number of carbonyl (C=O) groups excluding carboxylic acids is 2. The molecule has 1 fully saturated rings. The smallest absolute Gasteiger partial charge is 0.255 e. The first-order chi connectivity index (χ1) is 16.1. The Morgan fingerprint density at radius 1 is 0.909 bits per heavy atom. The first kappa shape index (κ1) is 22.7. The van der Waals surface area contributed by atoms with E-state index in [1.54, 1.807) is 24.3 Å². The Kier molecular flexibility index (Phi) is 7.50. The SMILES string of the molecule is C[C@H](NC(=O)c1ccccc1NC(=O)c1cccc(CN2CCOCC2)c1)c1ccccc1. The van der Waals surface area contributed by atoms with Gasteiger partial charge in [-0.1, -0.05) is 54.6 Å². The molecule has 1 atom stereocenters. The van der Waals surface area contributed by atoms with Crippen LogP contribution in [0.2, 0.25) is 0 Å². The fourth-order valence-corrected chi connectivity index (χ4v) is 3.91. The van der Waals surface area contributed by atoms with Gasteiger partial charge < -0.3 is 15.4 Å². The van der Waals surface area contributed by atoms with E-state index in [2.05, 4.69) is 15.5 Å². The van der Waals surface area contributed by atoms with Crippen LogP contribution in [0.4, 0.5) is 5.69 Å². The third-order valence-electron chi connectivity index (χ3n) is 5.77. The number of hydrogen-bond donors (Lipinski definition) is 2. The summed E-state index contributed by atoms with van der Waals surface area (Å²) in [7, 11) is 0. The molecule has 0 bridgehead atoms. The highest BCUT2D eigenvalue weighted by Gasteiger charge is 2.17. The van der Waals surface area contributed by atoms with Gasteiger partial charge in [0.1, 0.15) is 0 Å². The molecule has 170 valence electrons. The van der Waals surface area contributed by atoms with Gasteiger partial charge in [-0.25, -0.2) is 0 Å². The summed E-state index contributed by atoms with van der Waals surface area (Å²) in [6.07, 6.45) is 0. The van der Waals surface area contributed by atoms with Crippen LogP contribution in [0.5, 0.6) is 0 Å². The van der Waals surface area contributed by atoms with Gasteiger partial charge in [0.25, 0.3) is 11.8 Å². The third-order valence-corrected chi connectivity index (χ3v) is 5.77. The average Bonchev–Trinajstić information content (AvgIpc) is 2.85. The number of nitrogens with one attached hydrogen (secondary N) is 2. The van der Waals surface area contributed by atoms with Crippen LogP contribution in [0.3, 0.4) is 0 Å². The topological polar surface area (TPSA) is 70.7 Å². The van der Waals surface area contributed by atoms with E-state index in [0.29, 0.717) is 16.8 Å². The van der Waals surface area contributed by atoms with Crippen molar-refractivity contribution in [1.29, 1.82) is 0 Å². The van der Waals surface area contributed by atoms with Crippen LogP contribution in [0, 0.1) is 0 Å². The minimum Gasteiger partial charge on any atom is -0.379 e. The van der Waals surface area contributed by atoms with E-state index >= 15 is 0 Å². The summed E-state index contributed by atoms with van der Waals surface area (Å²) in [6, 6.07) is 24.3. The summed E-state index contributed by atoms with van der Waals surface area (Å²) in [4.78, 5) is 28.3. The van der Waals surface area contributed by atoms with Crippen LogP contribution in [0.1, 0.15) is 44.8 Å². The highest BCUT2D eigenvalue weighted by Crippen LogP contribution is 2.19. The van der Waals surface area contributed by atoms with Crippen LogP contribution in [-0.2, 0) is 11.3 Å². The Bertz CT molecular complexity index is 1090. The lowest BCUT2D eigenvalue weighted by Gasteiger charge is -2.26.